The van der Waals surface area contributed by atoms with E-state index in [9.17, 15) is 22.8 Å². The second-order valence-electron chi connectivity index (χ2n) is 5.60. The second kappa shape index (κ2) is 7.84. The van der Waals surface area contributed by atoms with Gasteiger partial charge in [0.05, 0.1) is 10.7 Å². The van der Waals surface area contributed by atoms with Crippen LogP contribution in [0, 0.1) is 0 Å². The van der Waals surface area contributed by atoms with Crippen LogP contribution in [0.1, 0.15) is 16.2 Å². The van der Waals surface area contributed by atoms with Crippen molar-refractivity contribution >= 4 is 29.4 Å². The average Bonchev–Trinajstić information content (AvgIpc) is 3.09. The highest BCUT2D eigenvalue weighted by Crippen LogP contribution is 2.28. The maximum absolute atomic E-state index is 12.6. The molecule has 0 saturated carbocycles. The van der Waals surface area contributed by atoms with Gasteiger partial charge in [0.25, 0.3) is 5.78 Å². The summed E-state index contributed by atoms with van der Waals surface area (Å²) in [6.45, 7) is 0. The van der Waals surface area contributed by atoms with E-state index in [0.29, 0.717) is 10.7 Å². The van der Waals surface area contributed by atoms with E-state index >= 15 is 0 Å². The first-order valence-electron chi connectivity index (χ1n) is 7.88. The summed E-state index contributed by atoms with van der Waals surface area (Å²) in [7, 11) is 0. The Hall–Kier alpha value is -3.53. The summed E-state index contributed by atoms with van der Waals surface area (Å²) in [5.41, 5.74) is -0.126. The van der Waals surface area contributed by atoms with E-state index in [-0.39, 0.29) is 17.3 Å². The number of ketones is 1. The van der Waals surface area contributed by atoms with Gasteiger partial charge in [0.1, 0.15) is 5.69 Å². The number of alkyl halides is 3. The van der Waals surface area contributed by atoms with Crippen molar-refractivity contribution in [1.29, 1.82) is 0 Å². The summed E-state index contributed by atoms with van der Waals surface area (Å²) in [4.78, 5) is 26.0. The normalized spacial score (nSPS) is 11.7. The van der Waals surface area contributed by atoms with E-state index in [1.807, 2.05) is 0 Å². The molecule has 0 bridgehead atoms. The van der Waals surface area contributed by atoms with Crippen molar-refractivity contribution in [2.45, 2.75) is 6.18 Å². The molecule has 11 heteroatoms. The SMILES string of the molecule is O=C(O)/C=C/c1nnc(-c2ccc(C(=O)C(F)(F)F)cn2)n1-c1ccccc1Cl. The maximum Gasteiger partial charge on any atom is 0.454 e. The standard InChI is InChI=1S/C18H10ClF3N4O3/c19-11-3-1-2-4-13(11)26-14(7-8-15(27)28)24-25-17(26)12-6-5-10(9-23-12)16(29)18(20,21)22/h1-9H,(H,27,28)/b8-7+. The molecule has 1 N–H and O–H groups in total. The van der Waals surface area contributed by atoms with E-state index in [2.05, 4.69) is 15.2 Å². The number of aliphatic carboxylic acids is 1. The quantitative estimate of drug-likeness (QED) is 0.495. The Morgan fingerprint density at radius 1 is 1.10 bits per heavy atom. The van der Waals surface area contributed by atoms with Crippen LogP contribution in [-0.4, -0.2) is 42.8 Å². The Morgan fingerprint density at radius 3 is 2.41 bits per heavy atom. The third kappa shape index (κ3) is 4.32. The zero-order valence-electron chi connectivity index (χ0n) is 14.3. The lowest BCUT2D eigenvalue weighted by atomic mass is 10.1. The molecule has 1 aromatic carbocycles. The molecule has 0 aliphatic heterocycles. The van der Waals surface area contributed by atoms with Gasteiger partial charge in [-0.3, -0.25) is 14.3 Å². The number of Topliss-reactive ketones (excluding diaryl/α,β-unsaturated/α-hetero) is 1. The minimum Gasteiger partial charge on any atom is -0.478 e. The van der Waals surface area contributed by atoms with Gasteiger partial charge in [0.15, 0.2) is 11.6 Å². The lowest BCUT2D eigenvalue weighted by Gasteiger charge is -2.11. The molecule has 0 saturated heterocycles. The Kier molecular flexibility index (Phi) is 5.46. The van der Waals surface area contributed by atoms with E-state index in [1.54, 1.807) is 24.3 Å². The minimum atomic E-state index is -5.02. The number of hydrogen-bond donors (Lipinski definition) is 1. The van der Waals surface area contributed by atoms with Crippen LogP contribution < -0.4 is 0 Å². The fourth-order valence-electron chi connectivity index (χ4n) is 2.41. The fourth-order valence-corrected chi connectivity index (χ4v) is 2.63. The van der Waals surface area contributed by atoms with Gasteiger partial charge in [-0.1, -0.05) is 23.7 Å². The van der Waals surface area contributed by atoms with Crippen LogP contribution in [-0.2, 0) is 4.79 Å². The van der Waals surface area contributed by atoms with Crippen LogP contribution in [0.3, 0.4) is 0 Å². The van der Waals surface area contributed by atoms with Crippen molar-refractivity contribution in [2.24, 2.45) is 0 Å². The van der Waals surface area contributed by atoms with Gasteiger partial charge < -0.3 is 5.11 Å². The summed E-state index contributed by atoms with van der Waals surface area (Å²) in [6, 6.07) is 8.71. The van der Waals surface area contributed by atoms with Crippen molar-refractivity contribution in [3.8, 4) is 17.2 Å². The molecule has 3 aromatic rings. The molecule has 7 nitrogen and oxygen atoms in total. The first kappa shape index (κ1) is 20.2. The van der Waals surface area contributed by atoms with Gasteiger partial charge in [-0.2, -0.15) is 13.2 Å². The molecule has 0 aliphatic carbocycles. The topological polar surface area (TPSA) is 98.0 Å². The summed E-state index contributed by atoms with van der Waals surface area (Å²) in [6.07, 6.45) is -2.21. The predicted molar refractivity (Wildman–Crippen MR) is 96.7 cm³/mol. The van der Waals surface area contributed by atoms with Crippen LogP contribution >= 0.6 is 11.6 Å². The molecular weight excluding hydrogens is 413 g/mol. The molecule has 3 rings (SSSR count). The van der Waals surface area contributed by atoms with Gasteiger partial charge in [-0.05, 0) is 30.3 Å². The van der Waals surface area contributed by atoms with Crippen LogP contribution in [0.4, 0.5) is 13.2 Å². The monoisotopic (exact) mass is 422 g/mol. The van der Waals surface area contributed by atoms with Crippen molar-refractivity contribution in [3.05, 3.63) is 65.1 Å². The van der Waals surface area contributed by atoms with Crippen molar-refractivity contribution in [3.63, 3.8) is 0 Å². The lowest BCUT2D eigenvalue weighted by Crippen LogP contribution is -2.22. The van der Waals surface area contributed by atoms with Crippen LogP contribution in [0.15, 0.2) is 48.7 Å². The van der Waals surface area contributed by atoms with Gasteiger partial charge in [0.2, 0.25) is 0 Å². The first-order chi connectivity index (χ1) is 13.7. The van der Waals surface area contributed by atoms with Crippen LogP contribution in [0.2, 0.25) is 5.02 Å². The molecule has 2 heterocycles. The van der Waals surface area contributed by atoms with Crippen molar-refractivity contribution in [2.75, 3.05) is 0 Å². The van der Waals surface area contributed by atoms with Gasteiger partial charge in [-0.15, -0.1) is 10.2 Å². The number of carbonyl (C=O) groups is 2. The minimum absolute atomic E-state index is 0.0918. The molecule has 0 aliphatic rings. The number of hydrogen-bond acceptors (Lipinski definition) is 5. The number of halogens is 4. The van der Waals surface area contributed by atoms with E-state index in [0.717, 1.165) is 18.3 Å². The Morgan fingerprint density at radius 2 is 1.83 bits per heavy atom. The number of pyridine rings is 1. The summed E-state index contributed by atoms with van der Waals surface area (Å²) >= 11 is 6.22. The summed E-state index contributed by atoms with van der Waals surface area (Å²) in [5, 5.41) is 17.0. The summed E-state index contributed by atoms with van der Waals surface area (Å²) in [5.74, 6) is -3.04. The third-order valence-corrected chi connectivity index (χ3v) is 3.99. The Bertz CT molecular complexity index is 1110. The van der Waals surface area contributed by atoms with E-state index in [4.69, 9.17) is 16.7 Å². The molecule has 0 unspecified atom stereocenters. The number of rotatable bonds is 5. The number of para-hydroxylation sites is 1. The average molecular weight is 423 g/mol. The summed E-state index contributed by atoms with van der Waals surface area (Å²) < 4.78 is 39.1. The molecule has 148 valence electrons. The molecule has 0 atom stereocenters. The smallest absolute Gasteiger partial charge is 0.454 e. The molecule has 29 heavy (non-hydrogen) atoms. The third-order valence-electron chi connectivity index (χ3n) is 3.67. The number of nitrogens with zero attached hydrogens (tertiary/aromatic N) is 4. The molecule has 2 aromatic heterocycles. The van der Waals surface area contributed by atoms with Gasteiger partial charge >= 0.3 is 12.1 Å². The molecule has 0 amide bonds. The number of aromatic nitrogens is 4. The van der Waals surface area contributed by atoms with E-state index in [1.165, 1.54) is 16.7 Å². The second-order valence-corrected chi connectivity index (χ2v) is 6.01. The maximum atomic E-state index is 12.6. The van der Waals surface area contributed by atoms with Gasteiger partial charge in [0, 0.05) is 17.8 Å². The molecule has 0 fully saturated rings. The first-order valence-corrected chi connectivity index (χ1v) is 8.25. The highest BCUT2D eigenvalue weighted by molar-refractivity contribution is 6.32. The van der Waals surface area contributed by atoms with Gasteiger partial charge in [-0.25, -0.2) is 4.79 Å². The van der Waals surface area contributed by atoms with Crippen molar-refractivity contribution < 1.29 is 27.9 Å². The Balaban J connectivity index is 2.12. The van der Waals surface area contributed by atoms with E-state index < -0.39 is 23.5 Å². The molecule has 0 spiro atoms. The number of carbonyl (C=O) groups excluding carboxylic acids is 1. The highest BCUT2D eigenvalue weighted by atomic mass is 35.5. The van der Waals surface area contributed by atoms with Crippen LogP contribution in [0.5, 0.6) is 0 Å². The fraction of sp³-hybridized carbons (Fsp3) is 0.0556. The number of carboxylic acids is 1. The molecular formula is C18H10ClF3N4O3. The van der Waals surface area contributed by atoms with Crippen LogP contribution in [0.25, 0.3) is 23.3 Å². The molecule has 0 radical (unpaired) electrons. The zero-order valence-corrected chi connectivity index (χ0v) is 15.0. The van der Waals surface area contributed by atoms with Crippen molar-refractivity contribution in [1.82, 2.24) is 19.7 Å². The number of carboxylic acid groups (broad SMARTS) is 1. The number of benzene rings is 1. The largest absolute Gasteiger partial charge is 0.478 e. The Labute approximate surface area is 166 Å². The zero-order chi connectivity index (χ0) is 21.2. The predicted octanol–water partition coefficient (Wildman–Crippen LogP) is 3.83. The highest BCUT2D eigenvalue weighted by Gasteiger charge is 2.39. The lowest BCUT2D eigenvalue weighted by molar-refractivity contribution is -0.131.